The Kier molecular flexibility index (Phi) is 10.8. The Hall–Kier alpha value is -1.60. The van der Waals surface area contributed by atoms with E-state index in [1.54, 1.807) is 5.56 Å². The van der Waals surface area contributed by atoms with Crippen LogP contribution in [0.15, 0.2) is 48.5 Å². The van der Waals surface area contributed by atoms with Crippen LogP contribution < -0.4 is 0 Å². The largest absolute Gasteiger partial charge is 0.373 e. The second-order valence-electron chi connectivity index (χ2n) is 11.6. The molecule has 192 valence electrons. The molecule has 1 heterocycles. The zero-order valence-electron chi connectivity index (χ0n) is 22.7. The fraction of sp³-hybridized carbons (Fsp3) is 0.647. The maximum absolute atomic E-state index is 6.25. The van der Waals surface area contributed by atoms with Gasteiger partial charge in [0.1, 0.15) is 0 Å². The van der Waals surface area contributed by atoms with E-state index in [2.05, 4.69) is 62.4 Å². The SMILES string of the molecule is CCCCCCCC1CCC(c2ccc(-c3ccc(C4CCC(CCCC)CO4)cc3)cc2)CC1. The predicted molar refractivity (Wildman–Crippen MR) is 151 cm³/mol. The van der Waals surface area contributed by atoms with Crippen molar-refractivity contribution >= 4 is 0 Å². The van der Waals surface area contributed by atoms with Gasteiger partial charge in [0.15, 0.2) is 0 Å². The van der Waals surface area contributed by atoms with Crippen LogP contribution in [-0.2, 0) is 4.74 Å². The standard InChI is InChI=1S/C34H50O/c1-3-5-7-8-9-11-27-12-15-29(16-13-27)30-17-19-31(20-18-30)32-21-23-33(24-22-32)34-25-14-28(26-35-34)10-6-4-2/h17-24,27-29,34H,3-16,25-26H2,1-2H3. The number of unbranched alkanes of at least 4 members (excludes halogenated alkanes) is 5. The van der Waals surface area contributed by atoms with Crippen molar-refractivity contribution in [1.29, 1.82) is 0 Å². The van der Waals surface area contributed by atoms with Crippen LogP contribution in [0, 0.1) is 11.8 Å². The van der Waals surface area contributed by atoms with Crippen molar-refractivity contribution in [2.24, 2.45) is 11.8 Å². The highest BCUT2D eigenvalue weighted by molar-refractivity contribution is 5.64. The number of hydrogen-bond acceptors (Lipinski definition) is 1. The molecule has 1 nitrogen and oxygen atoms in total. The van der Waals surface area contributed by atoms with Gasteiger partial charge in [0.25, 0.3) is 0 Å². The minimum atomic E-state index is 0.288. The van der Waals surface area contributed by atoms with Gasteiger partial charge in [-0.15, -0.1) is 0 Å². The maximum Gasteiger partial charge on any atom is 0.0825 e. The average molecular weight is 475 g/mol. The Morgan fingerprint density at radius 1 is 0.571 bits per heavy atom. The molecular formula is C34H50O. The van der Waals surface area contributed by atoms with Crippen LogP contribution in [0.4, 0.5) is 0 Å². The van der Waals surface area contributed by atoms with Crippen molar-refractivity contribution in [2.75, 3.05) is 6.61 Å². The summed E-state index contributed by atoms with van der Waals surface area (Å²) in [6.45, 7) is 5.53. The van der Waals surface area contributed by atoms with E-state index < -0.39 is 0 Å². The van der Waals surface area contributed by atoms with E-state index in [1.165, 1.54) is 113 Å². The molecule has 1 saturated carbocycles. The molecule has 35 heavy (non-hydrogen) atoms. The highest BCUT2D eigenvalue weighted by Crippen LogP contribution is 2.39. The van der Waals surface area contributed by atoms with Gasteiger partial charge in [0.05, 0.1) is 12.7 Å². The van der Waals surface area contributed by atoms with Gasteiger partial charge in [0, 0.05) is 0 Å². The van der Waals surface area contributed by atoms with Crippen LogP contribution in [-0.4, -0.2) is 6.61 Å². The second-order valence-corrected chi connectivity index (χ2v) is 11.6. The summed E-state index contributed by atoms with van der Waals surface area (Å²) in [7, 11) is 0. The summed E-state index contributed by atoms with van der Waals surface area (Å²) in [4.78, 5) is 0. The summed E-state index contributed by atoms with van der Waals surface area (Å²) in [5.74, 6) is 2.53. The molecule has 2 atom stereocenters. The Labute approximate surface area is 216 Å². The molecule has 0 radical (unpaired) electrons. The van der Waals surface area contributed by atoms with E-state index in [0.29, 0.717) is 0 Å². The third-order valence-electron chi connectivity index (χ3n) is 8.90. The van der Waals surface area contributed by atoms with Crippen molar-refractivity contribution in [2.45, 2.75) is 122 Å². The molecule has 0 bridgehead atoms. The van der Waals surface area contributed by atoms with Crippen molar-refractivity contribution in [3.05, 3.63) is 59.7 Å². The number of rotatable bonds is 12. The average Bonchev–Trinajstić information content (AvgIpc) is 2.93. The number of ether oxygens (including phenoxy) is 1. The Bertz CT molecular complexity index is 820. The molecule has 2 aliphatic rings. The maximum atomic E-state index is 6.25. The molecular weight excluding hydrogens is 424 g/mol. The topological polar surface area (TPSA) is 9.23 Å². The molecule has 0 N–H and O–H groups in total. The van der Waals surface area contributed by atoms with Crippen LogP contribution in [0.1, 0.15) is 133 Å². The zero-order chi connectivity index (χ0) is 24.3. The van der Waals surface area contributed by atoms with Gasteiger partial charge in [0.2, 0.25) is 0 Å². The molecule has 0 spiro atoms. The Morgan fingerprint density at radius 2 is 1.14 bits per heavy atom. The first kappa shape index (κ1) is 26.5. The molecule has 0 amide bonds. The fourth-order valence-electron chi connectivity index (χ4n) is 6.45. The number of benzene rings is 2. The Morgan fingerprint density at radius 3 is 1.74 bits per heavy atom. The van der Waals surface area contributed by atoms with E-state index in [9.17, 15) is 0 Å². The molecule has 1 saturated heterocycles. The minimum absolute atomic E-state index is 0.288. The van der Waals surface area contributed by atoms with Crippen LogP contribution in [0.2, 0.25) is 0 Å². The van der Waals surface area contributed by atoms with Gasteiger partial charge < -0.3 is 4.74 Å². The normalized spacial score (nSPS) is 25.0. The van der Waals surface area contributed by atoms with Crippen molar-refractivity contribution in [3.8, 4) is 11.1 Å². The summed E-state index contributed by atoms with van der Waals surface area (Å²) in [6.07, 6.45) is 21.0. The summed E-state index contributed by atoms with van der Waals surface area (Å²) in [5, 5.41) is 0. The third-order valence-corrected chi connectivity index (χ3v) is 8.90. The van der Waals surface area contributed by atoms with Gasteiger partial charge in [-0.3, -0.25) is 0 Å². The quantitative estimate of drug-likeness (QED) is 0.278. The van der Waals surface area contributed by atoms with Crippen LogP contribution in [0.25, 0.3) is 11.1 Å². The van der Waals surface area contributed by atoms with Crippen molar-refractivity contribution in [1.82, 2.24) is 0 Å². The molecule has 1 aliphatic heterocycles. The first-order valence-electron chi connectivity index (χ1n) is 15.1. The lowest BCUT2D eigenvalue weighted by Crippen LogP contribution is -2.20. The molecule has 0 aromatic heterocycles. The first-order valence-corrected chi connectivity index (χ1v) is 15.1. The molecule has 1 heteroatoms. The smallest absolute Gasteiger partial charge is 0.0825 e. The summed E-state index contributed by atoms with van der Waals surface area (Å²) < 4.78 is 6.25. The van der Waals surface area contributed by atoms with E-state index in [4.69, 9.17) is 4.74 Å². The summed E-state index contributed by atoms with van der Waals surface area (Å²) >= 11 is 0. The predicted octanol–water partition coefficient (Wildman–Crippen LogP) is 10.6. The van der Waals surface area contributed by atoms with Gasteiger partial charge in [-0.2, -0.15) is 0 Å². The molecule has 4 rings (SSSR count). The van der Waals surface area contributed by atoms with Crippen molar-refractivity contribution in [3.63, 3.8) is 0 Å². The van der Waals surface area contributed by atoms with Crippen LogP contribution in [0.3, 0.4) is 0 Å². The minimum Gasteiger partial charge on any atom is -0.373 e. The highest BCUT2D eigenvalue weighted by atomic mass is 16.5. The van der Waals surface area contributed by atoms with Gasteiger partial charge in [-0.1, -0.05) is 114 Å². The summed E-state index contributed by atoms with van der Waals surface area (Å²) in [6, 6.07) is 18.7. The first-order chi connectivity index (χ1) is 17.3. The Balaban J connectivity index is 1.23. The van der Waals surface area contributed by atoms with Gasteiger partial charge in [-0.05, 0) is 85.0 Å². The number of hydrogen-bond donors (Lipinski definition) is 0. The lowest BCUT2D eigenvalue weighted by molar-refractivity contribution is -0.0197. The highest BCUT2D eigenvalue weighted by Gasteiger charge is 2.23. The van der Waals surface area contributed by atoms with Crippen molar-refractivity contribution < 1.29 is 4.74 Å². The van der Waals surface area contributed by atoms with E-state index in [-0.39, 0.29) is 6.10 Å². The van der Waals surface area contributed by atoms with E-state index in [0.717, 1.165) is 24.4 Å². The molecule has 2 unspecified atom stereocenters. The fourth-order valence-corrected chi connectivity index (χ4v) is 6.45. The molecule has 2 aromatic carbocycles. The van der Waals surface area contributed by atoms with Gasteiger partial charge >= 0.3 is 0 Å². The molecule has 2 fully saturated rings. The lowest BCUT2D eigenvalue weighted by Gasteiger charge is -2.29. The molecule has 2 aromatic rings. The summed E-state index contributed by atoms with van der Waals surface area (Å²) in [5.41, 5.74) is 5.57. The van der Waals surface area contributed by atoms with Crippen LogP contribution in [0.5, 0.6) is 0 Å². The molecule has 1 aliphatic carbocycles. The second kappa shape index (κ2) is 14.2. The zero-order valence-corrected chi connectivity index (χ0v) is 22.7. The van der Waals surface area contributed by atoms with E-state index >= 15 is 0 Å². The third kappa shape index (κ3) is 7.94. The van der Waals surface area contributed by atoms with Crippen LogP contribution >= 0.6 is 0 Å². The monoisotopic (exact) mass is 474 g/mol. The van der Waals surface area contributed by atoms with Gasteiger partial charge in [-0.25, -0.2) is 0 Å². The van der Waals surface area contributed by atoms with E-state index in [1.807, 2.05) is 0 Å². The lowest BCUT2D eigenvalue weighted by atomic mass is 9.77.